The van der Waals surface area contributed by atoms with Gasteiger partial charge in [0.1, 0.15) is 5.75 Å². The van der Waals surface area contributed by atoms with Crippen LogP contribution >= 0.6 is 23.2 Å². The Hall–Kier alpha value is -2.44. The molecule has 0 aliphatic carbocycles. The number of carbonyl (C=O) groups is 2. The number of carbonyl (C=O) groups excluding carboxylic acids is 2. The predicted octanol–water partition coefficient (Wildman–Crippen LogP) is 3.94. The second kappa shape index (κ2) is 8.42. The SMILES string of the molecule is COC(=O)c1cccc(NC(=O)NCOc2ccc(Cl)cc2Cl)c1. The highest BCUT2D eigenvalue weighted by Gasteiger charge is 2.08. The van der Waals surface area contributed by atoms with E-state index in [2.05, 4.69) is 15.4 Å². The molecule has 0 spiro atoms. The first-order valence-corrected chi connectivity index (χ1v) is 7.56. The van der Waals surface area contributed by atoms with E-state index in [0.717, 1.165) is 0 Å². The zero-order chi connectivity index (χ0) is 17.5. The second-order valence-electron chi connectivity index (χ2n) is 4.57. The van der Waals surface area contributed by atoms with E-state index >= 15 is 0 Å². The Kier molecular flexibility index (Phi) is 6.28. The number of urea groups is 1. The molecular formula is C16H14Cl2N2O4. The van der Waals surface area contributed by atoms with Gasteiger partial charge in [-0.25, -0.2) is 9.59 Å². The number of benzene rings is 2. The summed E-state index contributed by atoms with van der Waals surface area (Å²) in [6, 6.07) is 10.6. The van der Waals surface area contributed by atoms with Crippen molar-refractivity contribution in [2.45, 2.75) is 0 Å². The van der Waals surface area contributed by atoms with Crippen molar-refractivity contribution in [3.63, 3.8) is 0 Å². The topological polar surface area (TPSA) is 76.7 Å². The van der Waals surface area contributed by atoms with Crippen LogP contribution in [0.15, 0.2) is 42.5 Å². The summed E-state index contributed by atoms with van der Waals surface area (Å²) in [6.45, 7) is -0.0934. The van der Waals surface area contributed by atoms with Crippen LogP contribution in [0.1, 0.15) is 10.4 Å². The van der Waals surface area contributed by atoms with Crippen LogP contribution < -0.4 is 15.4 Å². The monoisotopic (exact) mass is 368 g/mol. The van der Waals surface area contributed by atoms with E-state index in [1.54, 1.807) is 30.3 Å². The van der Waals surface area contributed by atoms with E-state index in [-0.39, 0.29) is 6.73 Å². The van der Waals surface area contributed by atoms with Crippen molar-refractivity contribution < 1.29 is 19.1 Å². The van der Waals surface area contributed by atoms with Gasteiger partial charge in [0.2, 0.25) is 0 Å². The van der Waals surface area contributed by atoms with Crippen molar-refractivity contribution in [3.8, 4) is 5.75 Å². The first-order chi connectivity index (χ1) is 11.5. The number of ether oxygens (including phenoxy) is 2. The fraction of sp³-hybridized carbons (Fsp3) is 0.125. The number of esters is 1. The van der Waals surface area contributed by atoms with Gasteiger partial charge in [0.15, 0.2) is 6.73 Å². The summed E-state index contributed by atoms with van der Waals surface area (Å²) in [5.74, 6) is -0.0890. The van der Waals surface area contributed by atoms with Crippen molar-refractivity contribution in [2.75, 3.05) is 19.2 Å². The molecule has 0 atom stereocenters. The molecule has 0 aliphatic rings. The Labute approximate surface area is 148 Å². The maximum absolute atomic E-state index is 11.8. The molecule has 2 amide bonds. The van der Waals surface area contributed by atoms with E-state index in [1.807, 2.05) is 0 Å². The number of halogens is 2. The van der Waals surface area contributed by atoms with Crippen LogP contribution in [-0.4, -0.2) is 25.8 Å². The Morgan fingerprint density at radius 3 is 2.62 bits per heavy atom. The summed E-state index contributed by atoms with van der Waals surface area (Å²) < 4.78 is 9.96. The third-order valence-corrected chi connectivity index (χ3v) is 3.43. The Morgan fingerprint density at radius 1 is 1.12 bits per heavy atom. The standard InChI is InChI=1S/C16H14Cl2N2O4/c1-23-15(21)10-3-2-4-12(7-10)20-16(22)19-9-24-14-6-5-11(17)8-13(14)18/h2-8H,9H2,1H3,(H2,19,20,22). The summed E-state index contributed by atoms with van der Waals surface area (Å²) in [6.07, 6.45) is 0. The average Bonchev–Trinajstić information content (AvgIpc) is 2.56. The number of amides is 2. The number of methoxy groups -OCH3 is 1. The van der Waals surface area contributed by atoms with Gasteiger partial charge < -0.3 is 20.1 Å². The van der Waals surface area contributed by atoms with Crippen LogP contribution in [-0.2, 0) is 4.74 Å². The predicted molar refractivity (Wildman–Crippen MR) is 91.9 cm³/mol. The lowest BCUT2D eigenvalue weighted by atomic mass is 10.2. The highest BCUT2D eigenvalue weighted by atomic mass is 35.5. The van der Waals surface area contributed by atoms with Crippen molar-refractivity contribution >= 4 is 40.9 Å². The zero-order valence-electron chi connectivity index (χ0n) is 12.6. The summed E-state index contributed by atoms with van der Waals surface area (Å²) in [5, 5.41) is 5.92. The fourth-order valence-electron chi connectivity index (χ4n) is 1.79. The van der Waals surface area contributed by atoms with Crippen LogP contribution in [0.3, 0.4) is 0 Å². The molecule has 0 unspecified atom stereocenters. The van der Waals surface area contributed by atoms with Crippen LogP contribution in [0.25, 0.3) is 0 Å². The summed E-state index contributed by atoms with van der Waals surface area (Å²) >= 11 is 11.7. The first kappa shape index (κ1) is 17.9. The molecule has 0 aromatic heterocycles. The minimum absolute atomic E-state index is 0.0934. The van der Waals surface area contributed by atoms with Gasteiger partial charge in [-0.05, 0) is 36.4 Å². The fourth-order valence-corrected chi connectivity index (χ4v) is 2.25. The number of hydrogen-bond donors (Lipinski definition) is 2. The number of nitrogens with one attached hydrogen (secondary N) is 2. The van der Waals surface area contributed by atoms with Crippen LogP contribution in [0.5, 0.6) is 5.75 Å². The average molecular weight is 369 g/mol. The van der Waals surface area contributed by atoms with Gasteiger partial charge >= 0.3 is 12.0 Å². The lowest BCUT2D eigenvalue weighted by Crippen LogP contribution is -2.32. The van der Waals surface area contributed by atoms with Crippen LogP contribution in [0.2, 0.25) is 10.0 Å². The van der Waals surface area contributed by atoms with Gasteiger partial charge in [-0.2, -0.15) is 0 Å². The van der Waals surface area contributed by atoms with Crippen LogP contribution in [0.4, 0.5) is 10.5 Å². The Balaban J connectivity index is 1.86. The maximum atomic E-state index is 11.8. The molecule has 2 rings (SSSR count). The minimum Gasteiger partial charge on any atom is -0.472 e. The molecule has 0 fully saturated rings. The zero-order valence-corrected chi connectivity index (χ0v) is 14.1. The Bertz CT molecular complexity index is 753. The van der Waals surface area contributed by atoms with Gasteiger partial charge in [0, 0.05) is 10.7 Å². The quantitative estimate of drug-likeness (QED) is 0.618. The first-order valence-electron chi connectivity index (χ1n) is 6.80. The molecule has 6 nitrogen and oxygen atoms in total. The maximum Gasteiger partial charge on any atom is 0.337 e. The van der Waals surface area contributed by atoms with E-state index in [0.29, 0.717) is 27.0 Å². The third kappa shape index (κ3) is 5.04. The molecule has 0 heterocycles. The molecule has 0 aliphatic heterocycles. The van der Waals surface area contributed by atoms with Gasteiger partial charge in [-0.1, -0.05) is 29.3 Å². The molecule has 0 saturated carbocycles. The van der Waals surface area contributed by atoms with E-state index in [1.165, 1.54) is 19.2 Å². The van der Waals surface area contributed by atoms with Gasteiger partial charge in [0.05, 0.1) is 17.7 Å². The van der Waals surface area contributed by atoms with E-state index in [4.69, 9.17) is 27.9 Å². The molecule has 126 valence electrons. The van der Waals surface area contributed by atoms with Crippen LogP contribution in [0, 0.1) is 0 Å². The van der Waals surface area contributed by atoms with Gasteiger partial charge in [0.25, 0.3) is 0 Å². The smallest absolute Gasteiger partial charge is 0.337 e. The number of anilines is 1. The van der Waals surface area contributed by atoms with E-state index in [9.17, 15) is 9.59 Å². The number of hydrogen-bond acceptors (Lipinski definition) is 4. The summed E-state index contributed by atoms with van der Waals surface area (Å²) in [4.78, 5) is 23.3. The highest BCUT2D eigenvalue weighted by Crippen LogP contribution is 2.27. The molecule has 24 heavy (non-hydrogen) atoms. The largest absolute Gasteiger partial charge is 0.472 e. The highest BCUT2D eigenvalue weighted by molar-refractivity contribution is 6.35. The van der Waals surface area contributed by atoms with E-state index < -0.39 is 12.0 Å². The molecule has 8 heteroatoms. The molecule has 0 saturated heterocycles. The molecule has 0 bridgehead atoms. The van der Waals surface area contributed by atoms with Crippen molar-refractivity contribution in [1.82, 2.24) is 5.32 Å². The van der Waals surface area contributed by atoms with Crippen molar-refractivity contribution in [2.24, 2.45) is 0 Å². The van der Waals surface area contributed by atoms with Gasteiger partial charge in [-0.15, -0.1) is 0 Å². The lowest BCUT2D eigenvalue weighted by Gasteiger charge is -2.11. The van der Waals surface area contributed by atoms with Gasteiger partial charge in [-0.3, -0.25) is 0 Å². The van der Waals surface area contributed by atoms with Crippen molar-refractivity contribution in [3.05, 3.63) is 58.1 Å². The van der Waals surface area contributed by atoms with Crippen molar-refractivity contribution in [1.29, 1.82) is 0 Å². The minimum atomic E-state index is -0.498. The number of rotatable bonds is 5. The summed E-state index contributed by atoms with van der Waals surface area (Å²) in [7, 11) is 1.29. The molecule has 2 aromatic rings. The lowest BCUT2D eigenvalue weighted by molar-refractivity contribution is 0.0600. The molecule has 0 radical (unpaired) electrons. The Morgan fingerprint density at radius 2 is 1.92 bits per heavy atom. The molecular weight excluding hydrogens is 355 g/mol. The molecule has 2 N–H and O–H groups in total. The summed E-state index contributed by atoms with van der Waals surface area (Å²) in [5.41, 5.74) is 0.777. The molecule has 2 aromatic carbocycles. The third-order valence-electron chi connectivity index (χ3n) is 2.90. The second-order valence-corrected chi connectivity index (χ2v) is 5.41. The normalized spacial score (nSPS) is 9.96.